The summed E-state index contributed by atoms with van der Waals surface area (Å²) in [5.41, 5.74) is 1.01. The summed E-state index contributed by atoms with van der Waals surface area (Å²) < 4.78 is 13.1. The first-order valence-corrected chi connectivity index (χ1v) is 7.34. The first kappa shape index (κ1) is 15.0. The number of hydrogen-bond acceptors (Lipinski definition) is 2. The van der Waals surface area contributed by atoms with E-state index in [9.17, 15) is 9.18 Å². The lowest BCUT2D eigenvalue weighted by Crippen LogP contribution is -2.33. The molecule has 0 bridgehead atoms. The minimum Gasteiger partial charge on any atom is -0.350 e. The van der Waals surface area contributed by atoms with Crippen LogP contribution in [0.25, 0.3) is 0 Å². The second-order valence-corrected chi connectivity index (χ2v) is 5.72. The topological polar surface area (TPSA) is 29.1 Å². The van der Waals surface area contributed by atoms with Gasteiger partial charge in [-0.2, -0.15) is 11.8 Å². The largest absolute Gasteiger partial charge is 0.350 e. The van der Waals surface area contributed by atoms with E-state index in [0.717, 1.165) is 17.9 Å². The normalized spacial score (nSPS) is 12.2. The molecule has 1 unspecified atom stereocenters. The molecule has 0 saturated heterocycles. The van der Waals surface area contributed by atoms with Crippen molar-refractivity contribution in [2.45, 2.75) is 33.2 Å². The molecule has 0 aromatic heterocycles. The molecule has 1 rings (SSSR count). The van der Waals surface area contributed by atoms with Crippen LogP contribution in [0.2, 0.25) is 0 Å². The van der Waals surface area contributed by atoms with E-state index in [0.29, 0.717) is 11.1 Å². The van der Waals surface area contributed by atoms with Gasteiger partial charge in [-0.05, 0) is 55.5 Å². The fourth-order valence-corrected chi connectivity index (χ4v) is 2.38. The average Bonchev–Trinajstić information content (AvgIpc) is 2.33. The van der Waals surface area contributed by atoms with E-state index in [1.807, 2.05) is 18.7 Å². The smallest absolute Gasteiger partial charge is 0.251 e. The molecule has 0 radical (unpaired) electrons. The number of carbonyl (C=O) groups excluding carboxylic acids is 1. The summed E-state index contributed by atoms with van der Waals surface area (Å²) in [4.78, 5) is 11.9. The van der Waals surface area contributed by atoms with E-state index in [-0.39, 0.29) is 17.8 Å². The number of amides is 1. The predicted octanol–water partition coefficient (Wildman–Crippen LogP) is 3.40. The van der Waals surface area contributed by atoms with Gasteiger partial charge in [-0.15, -0.1) is 0 Å². The van der Waals surface area contributed by atoms with Gasteiger partial charge in [0, 0.05) is 11.6 Å². The zero-order chi connectivity index (χ0) is 13.5. The van der Waals surface area contributed by atoms with E-state index >= 15 is 0 Å². The van der Waals surface area contributed by atoms with Crippen molar-refractivity contribution in [3.8, 4) is 0 Å². The van der Waals surface area contributed by atoms with Gasteiger partial charge in [0.05, 0.1) is 0 Å². The maximum absolute atomic E-state index is 13.1. The number of rotatable bonds is 6. The van der Waals surface area contributed by atoms with Gasteiger partial charge in [0.25, 0.3) is 5.91 Å². The van der Waals surface area contributed by atoms with Crippen LogP contribution in [0.4, 0.5) is 4.39 Å². The minimum absolute atomic E-state index is 0.132. The molecule has 2 nitrogen and oxygen atoms in total. The van der Waals surface area contributed by atoms with Gasteiger partial charge in [-0.1, -0.05) is 6.92 Å². The molecule has 4 heteroatoms. The van der Waals surface area contributed by atoms with Gasteiger partial charge in [-0.25, -0.2) is 4.39 Å². The molecule has 0 fully saturated rings. The summed E-state index contributed by atoms with van der Waals surface area (Å²) in [6.45, 7) is 5.77. The summed E-state index contributed by atoms with van der Waals surface area (Å²) in [5.74, 6) is 1.73. The van der Waals surface area contributed by atoms with Crippen molar-refractivity contribution >= 4 is 17.7 Å². The third-order valence-corrected chi connectivity index (χ3v) is 3.63. The van der Waals surface area contributed by atoms with Crippen LogP contribution in [0.1, 0.15) is 36.2 Å². The zero-order valence-electron chi connectivity index (χ0n) is 11.1. The molecule has 0 heterocycles. The number of hydrogen-bond donors (Lipinski definition) is 1. The van der Waals surface area contributed by atoms with E-state index in [1.54, 1.807) is 13.0 Å². The quantitative estimate of drug-likeness (QED) is 0.802. The summed E-state index contributed by atoms with van der Waals surface area (Å²) in [6.07, 6.45) is 0.949. The van der Waals surface area contributed by atoms with Gasteiger partial charge in [0.15, 0.2) is 0 Å². The van der Waals surface area contributed by atoms with Crippen LogP contribution in [0.15, 0.2) is 18.2 Å². The van der Waals surface area contributed by atoms with Crippen molar-refractivity contribution in [3.63, 3.8) is 0 Å². The standard InChI is InChI=1S/C14H20FNOS/c1-4-18-8-7-11(3)16-14(17)12-5-6-13(15)10(2)9-12/h5-6,9,11H,4,7-8H2,1-3H3,(H,16,17). The predicted molar refractivity (Wildman–Crippen MR) is 75.7 cm³/mol. The first-order chi connectivity index (χ1) is 8.54. The second kappa shape index (κ2) is 7.41. The lowest BCUT2D eigenvalue weighted by molar-refractivity contribution is 0.0939. The van der Waals surface area contributed by atoms with Crippen LogP contribution in [-0.2, 0) is 0 Å². The number of benzene rings is 1. The molecular formula is C14H20FNOS. The van der Waals surface area contributed by atoms with E-state index in [2.05, 4.69) is 12.2 Å². The highest BCUT2D eigenvalue weighted by atomic mass is 32.2. The Bertz CT molecular complexity index is 409. The summed E-state index contributed by atoms with van der Waals surface area (Å²) in [7, 11) is 0. The molecule has 100 valence electrons. The molecule has 1 aromatic carbocycles. The highest BCUT2D eigenvalue weighted by Gasteiger charge is 2.10. The molecule has 1 amide bonds. The van der Waals surface area contributed by atoms with Gasteiger partial charge in [0.2, 0.25) is 0 Å². The Kier molecular flexibility index (Phi) is 6.19. The zero-order valence-corrected chi connectivity index (χ0v) is 11.9. The Labute approximate surface area is 112 Å². The van der Waals surface area contributed by atoms with Crippen LogP contribution < -0.4 is 5.32 Å². The third kappa shape index (κ3) is 4.69. The molecule has 0 aliphatic heterocycles. The summed E-state index contributed by atoms with van der Waals surface area (Å²) >= 11 is 1.86. The lowest BCUT2D eigenvalue weighted by Gasteiger charge is -2.13. The lowest BCUT2D eigenvalue weighted by atomic mass is 10.1. The van der Waals surface area contributed by atoms with E-state index in [1.165, 1.54) is 12.1 Å². The Hall–Kier alpha value is -1.03. The second-order valence-electron chi connectivity index (χ2n) is 4.32. The highest BCUT2D eigenvalue weighted by Crippen LogP contribution is 2.10. The molecule has 0 aliphatic rings. The van der Waals surface area contributed by atoms with Gasteiger partial charge < -0.3 is 5.32 Å². The SMILES string of the molecule is CCSCCC(C)NC(=O)c1ccc(F)c(C)c1. The van der Waals surface area contributed by atoms with Crippen LogP contribution >= 0.6 is 11.8 Å². The van der Waals surface area contributed by atoms with Crippen LogP contribution in [0.5, 0.6) is 0 Å². The van der Waals surface area contributed by atoms with Crippen molar-refractivity contribution in [1.29, 1.82) is 0 Å². The van der Waals surface area contributed by atoms with Crippen molar-refractivity contribution in [2.24, 2.45) is 0 Å². The Balaban J connectivity index is 2.51. The van der Waals surface area contributed by atoms with Gasteiger partial charge in [-0.3, -0.25) is 4.79 Å². The van der Waals surface area contributed by atoms with Gasteiger partial charge >= 0.3 is 0 Å². The number of thioether (sulfide) groups is 1. The van der Waals surface area contributed by atoms with Crippen molar-refractivity contribution in [3.05, 3.63) is 35.1 Å². The van der Waals surface area contributed by atoms with Crippen molar-refractivity contribution < 1.29 is 9.18 Å². The van der Waals surface area contributed by atoms with E-state index in [4.69, 9.17) is 0 Å². The number of aryl methyl sites for hydroxylation is 1. The first-order valence-electron chi connectivity index (χ1n) is 6.19. The van der Waals surface area contributed by atoms with Crippen LogP contribution in [0, 0.1) is 12.7 Å². The van der Waals surface area contributed by atoms with Crippen LogP contribution in [0.3, 0.4) is 0 Å². The van der Waals surface area contributed by atoms with Crippen molar-refractivity contribution in [1.82, 2.24) is 5.32 Å². The Morgan fingerprint density at radius 1 is 1.50 bits per heavy atom. The van der Waals surface area contributed by atoms with E-state index < -0.39 is 0 Å². The molecule has 1 atom stereocenters. The summed E-state index contributed by atoms with van der Waals surface area (Å²) in [5, 5.41) is 2.93. The average molecular weight is 269 g/mol. The summed E-state index contributed by atoms with van der Waals surface area (Å²) in [6, 6.07) is 4.58. The monoisotopic (exact) mass is 269 g/mol. The molecule has 0 saturated carbocycles. The highest BCUT2D eigenvalue weighted by molar-refractivity contribution is 7.99. The maximum Gasteiger partial charge on any atom is 0.251 e. The Morgan fingerprint density at radius 3 is 2.83 bits per heavy atom. The molecule has 1 N–H and O–H groups in total. The molecule has 1 aromatic rings. The molecule has 18 heavy (non-hydrogen) atoms. The number of carbonyl (C=O) groups is 1. The fraction of sp³-hybridized carbons (Fsp3) is 0.500. The number of nitrogens with one attached hydrogen (secondary N) is 1. The number of halogens is 1. The van der Waals surface area contributed by atoms with Crippen LogP contribution in [-0.4, -0.2) is 23.5 Å². The fourth-order valence-electron chi connectivity index (χ4n) is 1.57. The Morgan fingerprint density at radius 2 is 2.22 bits per heavy atom. The minimum atomic E-state index is -0.279. The third-order valence-electron chi connectivity index (χ3n) is 2.70. The maximum atomic E-state index is 13.1. The van der Waals surface area contributed by atoms with Gasteiger partial charge in [0.1, 0.15) is 5.82 Å². The molecular weight excluding hydrogens is 249 g/mol. The van der Waals surface area contributed by atoms with Crippen molar-refractivity contribution in [2.75, 3.05) is 11.5 Å². The molecule has 0 spiro atoms. The molecule has 0 aliphatic carbocycles.